The maximum Gasteiger partial charge on any atom is 0.242 e. The van der Waals surface area contributed by atoms with Crippen molar-refractivity contribution in [3.8, 4) is 0 Å². The molecule has 26 heavy (non-hydrogen) atoms. The number of rotatable bonds is 3. The summed E-state index contributed by atoms with van der Waals surface area (Å²) < 4.78 is 13.4. The molecule has 0 aromatic heterocycles. The lowest BCUT2D eigenvalue weighted by atomic mass is 9.96. The summed E-state index contributed by atoms with van der Waals surface area (Å²) in [5, 5.41) is 5.31. The van der Waals surface area contributed by atoms with Crippen LogP contribution >= 0.6 is 11.6 Å². The van der Waals surface area contributed by atoms with E-state index in [0.717, 1.165) is 16.3 Å². The Bertz CT molecular complexity index is 973. The van der Waals surface area contributed by atoms with Crippen LogP contribution in [-0.4, -0.2) is 11.9 Å². The van der Waals surface area contributed by atoms with Gasteiger partial charge in [-0.05, 0) is 41.0 Å². The van der Waals surface area contributed by atoms with Gasteiger partial charge in [0.15, 0.2) is 0 Å². The van der Waals surface area contributed by atoms with E-state index in [9.17, 15) is 9.18 Å². The molecule has 1 fully saturated rings. The predicted molar refractivity (Wildman–Crippen MR) is 101 cm³/mol. The molecule has 0 spiro atoms. The lowest BCUT2D eigenvalue weighted by Crippen LogP contribution is -2.39. The van der Waals surface area contributed by atoms with E-state index in [0.29, 0.717) is 11.4 Å². The molecule has 4 rings (SSSR count). The van der Waals surface area contributed by atoms with Crippen molar-refractivity contribution >= 4 is 34.0 Å². The monoisotopic (exact) mass is 369 g/mol. The van der Waals surface area contributed by atoms with Crippen LogP contribution < -0.4 is 16.2 Å². The molecule has 2 unspecified atom stereocenters. The van der Waals surface area contributed by atoms with E-state index in [2.05, 4.69) is 40.4 Å². The first kappa shape index (κ1) is 17.0. The van der Waals surface area contributed by atoms with Crippen molar-refractivity contribution in [2.75, 3.05) is 5.32 Å². The summed E-state index contributed by atoms with van der Waals surface area (Å²) >= 11 is 6.02. The SMILES string of the molecule is O=C(Nc1cc(F)ccc1Cl)C1CC(c2cccc3ccccc23)NN1. The highest BCUT2D eigenvalue weighted by atomic mass is 35.5. The fourth-order valence-electron chi connectivity index (χ4n) is 3.30. The van der Waals surface area contributed by atoms with E-state index in [4.69, 9.17) is 11.6 Å². The molecule has 1 heterocycles. The minimum absolute atomic E-state index is 0.000156. The Morgan fingerprint density at radius 1 is 1.08 bits per heavy atom. The zero-order valence-electron chi connectivity index (χ0n) is 13.8. The smallest absolute Gasteiger partial charge is 0.242 e. The summed E-state index contributed by atoms with van der Waals surface area (Å²) in [6.07, 6.45) is 0.576. The standard InChI is InChI=1S/C20H17ClFN3O/c21-16-9-8-13(22)10-18(16)23-20(26)19-11-17(24-25-19)15-7-3-5-12-4-1-2-6-14(12)15/h1-10,17,19,24-25H,11H2,(H,23,26). The largest absolute Gasteiger partial charge is 0.323 e. The van der Waals surface area contributed by atoms with Crippen LogP contribution in [0.1, 0.15) is 18.0 Å². The lowest BCUT2D eigenvalue weighted by Gasteiger charge is -2.13. The number of hydrogen-bond donors (Lipinski definition) is 3. The van der Waals surface area contributed by atoms with Crippen LogP contribution in [-0.2, 0) is 4.79 Å². The van der Waals surface area contributed by atoms with Gasteiger partial charge in [-0.25, -0.2) is 15.2 Å². The Morgan fingerprint density at radius 3 is 2.77 bits per heavy atom. The van der Waals surface area contributed by atoms with Crippen LogP contribution in [0.5, 0.6) is 0 Å². The zero-order valence-corrected chi connectivity index (χ0v) is 14.6. The summed E-state index contributed by atoms with van der Waals surface area (Å²) in [4.78, 5) is 12.5. The van der Waals surface area contributed by atoms with E-state index in [1.54, 1.807) is 0 Å². The molecule has 0 bridgehead atoms. The molecule has 0 saturated carbocycles. The van der Waals surface area contributed by atoms with E-state index in [1.807, 2.05) is 18.2 Å². The number of benzene rings is 3. The quantitative estimate of drug-likeness (QED) is 0.649. The van der Waals surface area contributed by atoms with Gasteiger partial charge in [-0.1, -0.05) is 54.1 Å². The number of halogens is 2. The summed E-state index contributed by atoms with van der Waals surface area (Å²) in [7, 11) is 0. The van der Waals surface area contributed by atoms with E-state index in [1.165, 1.54) is 18.2 Å². The first-order valence-corrected chi connectivity index (χ1v) is 8.74. The number of carbonyl (C=O) groups excluding carboxylic acids is 1. The van der Waals surface area contributed by atoms with Gasteiger partial charge in [0.25, 0.3) is 0 Å². The Labute approximate surface area is 155 Å². The second-order valence-electron chi connectivity index (χ2n) is 6.31. The number of carbonyl (C=O) groups is 1. The predicted octanol–water partition coefficient (Wildman–Crippen LogP) is 4.18. The van der Waals surface area contributed by atoms with E-state index in [-0.39, 0.29) is 17.6 Å². The van der Waals surface area contributed by atoms with Gasteiger partial charge < -0.3 is 5.32 Å². The van der Waals surface area contributed by atoms with Crippen LogP contribution in [0.2, 0.25) is 5.02 Å². The molecule has 6 heteroatoms. The molecule has 132 valence electrons. The maximum atomic E-state index is 13.4. The van der Waals surface area contributed by atoms with Gasteiger partial charge in [0.2, 0.25) is 5.91 Å². The van der Waals surface area contributed by atoms with Crippen LogP contribution in [0.25, 0.3) is 10.8 Å². The molecule has 2 atom stereocenters. The molecule has 3 aromatic rings. The molecular weight excluding hydrogens is 353 g/mol. The van der Waals surface area contributed by atoms with Gasteiger partial charge >= 0.3 is 0 Å². The van der Waals surface area contributed by atoms with Crippen LogP contribution in [0.3, 0.4) is 0 Å². The first-order valence-electron chi connectivity index (χ1n) is 8.36. The third-order valence-electron chi connectivity index (χ3n) is 4.60. The van der Waals surface area contributed by atoms with Gasteiger partial charge in [-0.3, -0.25) is 4.79 Å². The molecule has 1 amide bonds. The second-order valence-corrected chi connectivity index (χ2v) is 6.72. The van der Waals surface area contributed by atoms with Crippen molar-refractivity contribution in [3.05, 3.63) is 77.1 Å². The topological polar surface area (TPSA) is 53.2 Å². The number of fused-ring (bicyclic) bond motifs is 1. The summed E-state index contributed by atoms with van der Waals surface area (Å²) in [6.45, 7) is 0. The normalized spacial score (nSPS) is 19.6. The second kappa shape index (κ2) is 7.03. The third kappa shape index (κ3) is 3.29. The average Bonchev–Trinajstić information content (AvgIpc) is 3.14. The highest BCUT2D eigenvalue weighted by molar-refractivity contribution is 6.33. The summed E-state index contributed by atoms with van der Waals surface area (Å²) in [5.41, 5.74) is 7.62. The van der Waals surface area contributed by atoms with Crippen LogP contribution in [0.4, 0.5) is 10.1 Å². The fourth-order valence-corrected chi connectivity index (χ4v) is 3.46. The Kier molecular flexibility index (Phi) is 4.59. The van der Waals surface area contributed by atoms with Crippen molar-refractivity contribution in [1.82, 2.24) is 10.9 Å². The first-order chi connectivity index (χ1) is 12.6. The van der Waals surface area contributed by atoms with Crippen molar-refractivity contribution in [2.45, 2.75) is 18.5 Å². The molecular formula is C20H17ClFN3O. The van der Waals surface area contributed by atoms with Crippen molar-refractivity contribution in [3.63, 3.8) is 0 Å². The molecule has 3 aromatic carbocycles. The molecule has 4 nitrogen and oxygen atoms in total. The number of amides is 1. The summed E-state index contributed by atoms with van der Waals surface area (Å²) in [6, 6.07) is 17.7. The van der Waals surface area contributed by atoms with Crippen LogP contribution in [0, 0.1) is 5.82 Å². The van der Waals surface area contributed by atoms with E-state index < -0.39 is 11.9 Å². The minimum atomic E-state index is -0.448. The van der Waals surface area contributed by atoms with E-state index >= 15 is 0 Å². The molecule has 1 aliphatic rings. The molecule has 3 N–H and O–H groups in total. The zero-order chi connectivity index (χ0) is 18.1. The lowest BCUT2D eigenvalue weighted by molar-refractivity contribution is -0.117. The van der Waals surface area contributed by atoms with Gasteiger partial charge in [-0.15, -0.1) is 0 Å². The minimum Gasteiger partial charge on any atom is -0.323 e. The highest BCUT2D eigenvalue weighted by Crippen LogP contribution is 2.30. The number of nitrogens with one attached hydrogen (secondary N) is 3. The van der Waals surface area contributed by atoms with Crippen molar-refractivity contribution < 1.29 is 9.18 Å². The maximum absolute atomic E-state index is 13.4. The number of anilines is 1. The Hall–Kier alpha value is -2.47. The summed E-state index contributed by atoms with van der Waals surface area (Å²) in [5.74, 6) is -0.705. The molecule has 1 saturated heterocycles. The third-order valence-corrected chi connectivity index (χ3v) is 4.93. The van der Waals surface area contributed by atoms with Gasteiger partial charge in [-0.2, -0.15) is 0 Å². The Balaban J connectivity index is 1.51. The highest BCUT2D eigenvalue weighted by Gasteiger charge is 2.31. The van der Waals surface area contributed by atoms with Gasteiger partial charge in [0.05, 0.1) is 10.7 Å². The van der Waals surface area contributed by atoms with Crippen LogP contribution in [0.15, 0.2) is 60.7 Å². The van der Waals surface area contributed by atoms with Crippen molar-refractivity contribution in [2.24, 2.45) is 0 Å². The van der Waals surface area contributed by atoms with Crippen molar-refractivity contribution in [1.29, 1.82) is 0 Å². The van der Waals surface area contributed by atoms with Gasteiger partial charge in [0, 0.05) is 6.04 Å². The average molecular weight is 370 g/mol. The number of hydrazine groups is 1. The van der Waals surface area contributed by atoms with Gasteiger partial charge in [0.1, 0.15) is 11.9 Å². The fraction of sp³-hybridized carbons (Fsp3) is 0.150. The Morgan fingerprint density at radius 2 is 1.88 bits per heavy atom. The molecule has 1 aliphatic heterocycles. The number of hydrogen-bond acceptors (Lipinski definition) is 3. The molecule has 0 radical (unpaired) electrons. The molecule has 0 aliphatic carbocycles.